The molecule has 0 saturated heterocycles. The van der Waals surface area contributed by atoms with Gasteiger partial charge in [0.2, 0.25) is 0 Å². The maximum absolute atomic E-state index is 6.40. The van der Waals surface area contributed by atoms with Crippen LogP contribution >= 0.6 is 0 Å². The number of aromatic nitrogens is 4. The standard InChI is InChI=1S/C42H26N4O/c1-3-10-30(11-4-1)45-38-16-8-7-14-33(38)34-24-27(19-22-39(34)45)28-20-23-40-35(25-28)42-32(15-9-17-41(42)47-40)29-18-21-36-37(26-29)44-46(43-36)31-12-5-2-6-13-31/h1-26H. The summed E-state index contributed by atoms with van der Waals surface area (Å²) in [5.41, 5.74) is 12.4. The molecule has 47 heavy (non-hydrogen) atoms. The lowest BCUT2D eigenvalue weighted by atomic mass is 9.96. The average molecular weight is 603 g/mol. The first kappa shape index (κ1) is 25.8. The Bertz CT molecular complexity index is 2790. The van der Waals surface area contributed by atoms with Crippen LogP contribution in [0.4, 0.5) is 0 Å². The van der Waals surface area contributed by atoms with E-state index in [2.05, 4.69) is 120 Å². The van der Waals surface area contributed by atoms with Crippen molar-refractivity contribution >= 4 is 54.8 Å². The minimum absolute atomic E-state index is 0.847. The van der Waals surface area contributed by atoms with Gasteiger partial charge in [-0.25, -0.2) is 0 Å². The normalized spacial score (nSPS) is 11.8. The van der Waals surface area contributed by atoms with Crippen LogP contribution in [-0.4, -0.2) is 19.6 Å². The lowest BCUT2D eigenvalue weighted by molar-refractivity contribution is 0.669. The molecule has 0 aliphatic heterocycles. The molecular formula is C42H26N4O. The van der Waals surface area contributed by atoms with E-state index in [9.17, 15) is 0 Å². The average Bonchev–Trinajstić information content (AvgIpc) is 3.83. The van der Waals surface area contributed by atoms with Crippen molar-refractivity contribution in [3.63, 3.8) is 0 Å². The minimum atomic E-state index is 0.847. The molecule has 0 fully saturated rings. The van der Waals surface area contributed by atoms with Crippen molar-refractivity contribution in [2.45, 2.75) is 0 Å². The molecule has 3 aromatic heterocycles. The van der Waals surface area contributed by atoms with Crippen molar-refractivity contribution in [2.75, 3.05) is 0 Å². The first-order valence-corrected chi connectivity index (χ1v) is 15.8. The van der Waals surface area contributed by atoms with Gasteiger partial charge in [-0.2, -0.15) is 4.80 Å². The Labute approximate surface area is 269 Å². The summed E-state index contributed by atoms with van der Waals surface area (Å²) in [5, 5.41) is 14.2. The number of para-hydroxylation sites is 3. The van der Waals surface area contributed by atoms with Crippen LogP contribution < -0.4 is 0 Å². The second-order valence-corrected chi connectivity index (χ2v) is 11.9. The molecule has 0 amide bonds. The molecule has 0 aliphatic carbocycles. The number of benzene rings is 7. The van der Waals surface area contributed by atoms with E-state index in [4.69, 9.17) is 14.6 Å². The van der Waals surface area contributed by atoms with Crippen LogP contribution in [0.1, 0.15) is 0 Å². The quantitative estimate of drug-likeness (QED) is 0.201. The van der Waals surface area contributed by atoms with E-state index in [0.717, 1.165) is 61.0 Å². The molecule has 220 valence electrons. The van der Waals surface area contributed by atoms with Crippen molar-refractivity contribution in [1.29, 1.82) is 0 Å². The summed E-state index contributed by atoms with van der Waals surface area (Å²) in [5.74, 6) is 0. The van der Waals surface area contributed by atoms with Gasteiger partial charge in [-0.1, -0.05) is 84.9 Å². The highest BCUT2D eigenvalue weighted by atomic mass is 16.3. The fourth-order valence-electron chi connectivity index (χ4n) is 7.01. The van der Waals surface area contributed by atoms with Gasteiger partial charge in [0.1, 0.15) is 22.2 Å². The van der Waals surface area contributed by atoms with Crippen LogP contribution in [0, 0.1) is 0 Å². The third kappa shape index (κ3) is 4.03. The van der Waals surface area contributed by atoms with Gasteiger partial charge in [0.15, 0.2) is 0 Å². The molecule has 0 spiro atoms. The second kappa shape index (κ2) is 10.0. The van der Waals surface area contributed by atoms with Crippen molar-refractivity contribution in [1.82, 2.24) is 19.6 Å². The highest BCUT2D eigenvalue weighted by molar-refractivity contribution is 6.14. The molecule has 0 saturated carbocycles. The monoisotopic (exact) mass is 602 g/mol. The zero-order valence-electron chi connectivity index (χ0n) is 25.2. The number of hydrogen-bond acceptors (Lipinski definition) is 3. The summed E-state index contributed by atoms with van der Waals surface area (Å²) in [6.07, 6.45) is 0. The number of rotatable bonds is 4. The summed E-state index contributed by atoms with van der Waals surface area (Å²) < 4.78 is 8.75. The lowest BCUT2D eigenvalue weighted by Gasteiger charge is -2.08. The van der Waals surface area contributed by atoms with Crippen LogP contribution in [0.2, 0.25) is 0 Å². The molecule has 5 heteroatoms. The third-order valence-corrected chi connectivity index (χ3v) is 9.19. The Kier molecular flexibility index (Phi) is 5.51. The summed E-state index contributed by atoms with van der Waals surface area (Å²) >= 11 is 0. The predicted molar refractivity (Wildman–Crippen MR) is 191 cm³/mol. The van der Waals surface area contributed by atoms with Crippen molar-refractivity contribution in [2.24, 2.45) is 0 Å². The van der Waals surface area contributed by atoms with Crippen LogP contribution in [0.5, 0.6) is 0 Å². The van der Waals surface area contributed by atoms with E-state index in [-0.39, 0.29) is 0 Å². The van der Waals surface area contributed by atoms with Gasteiger partial charge < -0.3 is 8.98 Å². The molecule has 0 bridgehead atoms. The minimum Gasteiger partial charge on any atom is -0.456 e. The van der Waals surface area contributed by atoms with Gasteiger partial charge in [0, 0.05) is 27.2 Å². The molecule has 7 aromatic carbocycles. The topological polar surface area (TPSA) is 48.8 Å². The molecule has 0 aliphatic rings. The van der Waals surface area contributed by atoms with Gasteiger partial charge >= 0.3 is 0 Å². The molecule has 0 N–H and O–H groups in total. The summed E-state index contributed by atoms with van der Waals surface area (Å²) in [4.78, 5) is 1.70. The van der Waals surface area contributed by atoms with Crippen molar-refractivity contribution < 1.29 is 4.42 Å². The number of fused-ring (bicyclic) bond motifs is 7. The lowest BCUT2D eigenvalue weighted by Crippen LogP contribution is -1.97. The van der Waals surface area contributed by atoms with Gasteiger partial charge in [0.05, 0.1) is 16.7 Å². The highest BCUT2D eigenvalue weighted by Crippen LogP contribution is 2.40. The van der Waals surface area contributed by atoms with Crippen LogP contribution in [0.15, 0.2) is 162 Å². The Hall–Kier alpha value is -6.46. The van der Waals surface area contributed by atoms with E-state index >= 15 is 0 Å². The molecule has 3 heterocycles. The zero-order chi connectivity index (χ0) is 30.9. The largest absolute Gasteiger partial charge is 0.456 e. The van der Waals surface area contributed by atoms with Crippen molar-refractivity contribution in [3.05, 3.63) is 158 Å². The van der Waals surface area contributed by atoms with E-state index in [1.807, 2.05) is 42.5 Å². The van der Waals surface area contributed by atoms with Crippen LogP contribution in [0.25, 0.3) is 88.4 Å². The van der Waals surface area contributed by atoms with Gasteiger partial charge in [-0.3, -0.25) is 0 Å². The number of furan rings is 1. The first-order valence-electron chi connectivity index (χ1n) is 15.8. The van der Waals surface area contributed by atoms with Crippen LogP contribution in [0.3, 0.4) is 0 Å². The van der Waals surface area contributed by atoms with E-state index < -0.39 is 0 Å². The SMILES string of the molecule is c1ccc(-n2nc3ccc(-c4cccc5oc6ccc(-c7ccc8c(c7)c7ccccc7n8-c7ccccc7)cc6c45)cc3n2)cc1. The molecule has 0 unspecified atom stereocenters. The molecule has 0 radical (unpaired) electrons. The maximum Gasteiger partial charge on any atom is 0.136 e. The Morgan fingerprint density at radius 1 is 0.426 bits per heavy atom. The Morgan fingerprint density at radius 2 is 1.11 bits per heavy atom. The van der Waals surface area contributed by atoms with Gasteiger partial charge in [0.25, 0.3) is 0 Å². The third-order valence-electron chi connectivity index (χ3n) is 9.19. The first-order chi connectivity index (χ1) is 23.3. The summed E-state index contributed by atoms with van der Waals surface area (Å²) in [7, 11) is 0. The maximum atomic E-state index is 6.40. The zero-order valence-corrected chi connectivity index (χ0v) is 25.2. The summed E-state index contributed by atoms with van der Waals surface area (Å²) in [6.45, 7) is 0. The highest BCUT2D eigenvalue weighted by Gasteiger charge is 2.17. The molecule has 0 atom stereocenters. The van der Waals surface area contributed by atoms with Crippen LogP contribution in [-0.2, 0) is 0 Å². The van der Waals surface area contributed by atoms with E-state index in [0.29, 0.717) is 0 Å². The number of hydrogen-bond donors (Lipinski definition) is 0. The molecule has 10 rings (SSSR count). The van der Waals surface area contributed by atoms with E-state index in [1.54, 1.807) is 4.80 Å². The molecule has 10 aromatic rings. The van der Waals surface area contributed by atoms with Crippen molar-refractivity contribution in [3.8, 4) is 33.6 Å². The van der Waals surface area contributed by atoms with Gasteiger partial charge in [-0.15, -0.1) is 10.2 Å². The van der Waals surface area contributed by atoms with E-state index in [1.165, 1.54) is 27.4 Å². The number of nitrogens with zero attached hydrogens (tertiary/aromatic N) is 4. The smallest absolute Gasteiger partial charge is 0.136 e. The fraction of sp³-hybridized carbons (Fsp3) is 0. The molecule has 5 nitrogen and oxygen atoms in total. The Balaban J connectivity index is 1.12. The second-order valence-electron chi connectivity index (χ2n) is 11.9. The fourth-order valence-corrected chi connectivity index (χ4v) is 7.01. The molecular weight excluding hydrogens is 576 g/mol. The Morgan fingerprint density at radius 3 is 1.96 bits per heavy atom. The predicted octanol–water partition coefficient (Wildman–Crippen LogP) is 10.8. The summed E-state index contributed by atoms with van der Waals surface area (Å²) in [6, 6.07) is 55.1. The van der Waals surface area contributed by atoms with Gasteiger partial charge in [-0.05, 0) is 95.1 Å².